The maximum Gasteiger partial charge on any atom is 0.227 e. The van der Waals surface area contributed by atoms with E-state index in [4.69, 9.17) is 0 Å². The van der Waals surface area contributed by atoms with E-state index < -0.39 is 5.60 Å². The van der Waals surface area contributed by atoms with Crippen molar-refractivity contribution in [3.63, 3.8) is 0 Å². The van der Waals surface area contributed by atoms with E-state index in [0.717, 1.165) is 0 Å². The van der Waals surface area contributed by atoms with Crippen molar-refractivity contribution in [2.24, 2.45) is 0 Å². The number of hydrogen-bond donors (Lipinski definition) is 2. The van der Waals surface area contributed by atoms with Gasteiger partial charge in [-0.1, -0.05) is 0 Å². The van der Waals surface area contributed by atoms with E-state index in [9.17, 15) is 14.7 Å². The topological polar surface area (TPSA) is 69.6 Å². The number of carbonyl (C=O) groups excluding carboxylic acids is 2. The number of hydrogen-bond acceptors (Lipinski definition) is 4. The molecule has 0 radical (unpaired) electrons. The molecule has 1 amide bonds. The molecule has 1 atom stereocenters. The minimum Gasteiger partial charge on any atom is -0.387 e. The first-order valence-electron chi connectivity index (χ1n) is 4.86. The number of carbonyl (C=O) groups is 2. The van der Waals surface area contributed by atoms with Gasteiger partial charge < -0.3 is 15.3 Å². The number of ketones is 1. The molecule has 1 unspecified atom stereocenters. The third-order valence-corrected chi connectivity index (χ3v) is 1.73. The lowest BCUT2D eigenvalue weighted by Gasteiger charge is -2.26. The van der Waals surface area contributed by atoms with Crippen LogP contribution in [0.1, 0.15) is 20.3 Å². The third kappa shape index (κ3) is 8.08. The maximum atomic E-state index is 11.1. The molecular formula is C10H20N2O3. The number of rotatable bonds is 6. The molecule has 0 aromatic carbocycles. The highest BCUT2D eigenvalue weighted by Crippen LogP contribution is 2.02. The fourth-order valence-corrected chi connectivity index (χ4v) is 1.31. The van der Waals surface area contributed by atoms with Crippen LogP contribution in [0.25, 0.3) is 0 Å². The second-order valence-electron chi connectivity index (χ2n) is 4.39. The van der Waals surface area contributed by atoms with Gasteiger partial charge in [0.25, 0.3) is 0 Å². The van der Waals surface area contributed by atoms with Crippen LogP contribution in [-0.4, -0.2) is 54.5 Å². The molecule has 0 aliphatic rings. The Bertz CT molecular complexity index is 237. The zero-order valence-corrected chi connectivity index (χ0v) is 9.83. The minimum absolute atomic E-state index is 0.127. The van der Waals surface area contributed by atoms with Crippen LogP contribution in [0.5, 0.6) is 0 Å². The van der Waals surface area contributed by atoms with Gasteiger partial charge in [0.2, 0.25) is 5.91 Å². The molecule has 0 bridgehead atoms. The molecule has 0 aliphatic carbocycles. The van der Waals surface area contributed by atoms with Crippen LogP contribution in [0.3, 0.4) is 0 Å². The van der Waals surface area contributed by atoms with Gasteiger partial charge in [-0.3, -0.25) is 9.59 Å². The van der Waals surface area contributed by atoms with E-state index >= 15 is 0 Å². The molecule has 0 saturated heterocycles. The fraction of sp³-hybridized carbons (Fsp3) is 0.800. The Morgan fingerprint density at radius 3 is 2.33 bits per heavy atom. The first kappa shape index (κ1) is 14.1. The predicted molar refractivity (Wildman–Crippen MR) is 57.5 cm³/mol. The molecule has 2 N–H and O–H groups in total. The summed E-state index contributed by atoms with van der Waals surface area (Å²) < 4.78 is 0. The Labute approximate surface area is 90.5 Å². The Hall–Kier alpha value is -0.940. The van der Waals surface area contributed by atoms with Crippen molar-refractivity contribution in [2.45, 2.75) is 25.9 Å². The molecule has 88 valence electrons. The molecule has 0 spiro atoms. The molecule has 5 heteroatoms. The Balaban J connectivity index is 3.92. The summed E-state index contributed by atoms with van der Waals surface area (Å²) in [5, 5.41) is 12.3. The lowest BCUT2D eigenvalue weighted by molar-refractivity contribution is -0.128. The van der Waals surface area contributed by atoms with Gasteiger partial charge in [0, 0.05) is 13.1 Å². The molecule has 0 rings (SSSR count). The van der Waals surface area contributed by atoms with Crippen LogP contribution < -0.4 is 5.32 Å². The van der Waals surface area contributed by atoms with E-state index in [2.05, 4.69) is 5.32 Å². The second-order valence-corrected chi connectivity index (χ2v) is 4.39. The van der Waals surface area contributed by atoms with Crippen LogP contribution in [0.15, 0.2) is 0 Å². The molecule has 5 nitrogen and oxygen atoms in total. The quantitative estimate of drug-likeness (QED) is 0.581. The van der Waals surface area contributed by atoms with E-state index in [-0.39, 0.29) is 24.7 Å². The van der Waals surface area contributed by atoms with Crippen LogP contribution in [0.4, 0.5) is 0 Å². The van der Waals surface area contributed by atoms with Crippen molar-refractivity contribution in [3.8, 4) is 0 Å². The molecule has 15 heavy (non-hydrogen) atoms. The Kier molecular flexibility index (Phi) is 5.46. The summed E-state index contributed by atoms with van der Waals surface area (Å²) >= 11 is 0. The lowest BCUT2D eigenvalue weighted by Crippen LogP contribution is -2.47. The van der Waals surface area contributed by atoms with Gasteiger partial charge in [-0.25, -0.2) is 0 Å². The summed E-state index contributed by atoms with van der Waals surface area (Å²) in [6.45, 7) is 3.60. The van der Waals surface area contributed by atoms with Gasteiger partial charge in [-0.2, -0.15) is 0 Å². The van der Waals surface area contributed by atoms with Gasteiger partial charge in [0.1, 0.15) is 5.78 Å². The zero-order valence-electron chi connectivity index (χ0n) is 9.83. The van der Waals surface area contributed by atoms with Crippen molar-refractivity contribution in [3.05, 3.63) is 0 Å². The van der Waals surface area contributed by atoms with Crippen molar-refractivity contribution >= 4 is 11.7 Å². The highest BCUT2D eigenvalue weighted by atomic mass is 16.3. The number of aliphatic hydroxyl groups is 1. The monoisotopic (exact) mass is 216 g/mol. The predicted octanol–water partition coefficient (Wildman–Crippen LogP) is -0.606. The molecule has 0 aromatic heterocycles. The normalized spacial score (nSPS) is 14.8. The van der Waals surface area contributed by atoms with Gasteiger partial charge in [0.15, 0.2) is 0 Å². The number of nitrogens with zero attached hydrogens (tertiary/aromatic N) is 1. The van der Waals surface area contributed by atoms with E-state index in [1.165, 1.54) is 6.92 Å². The summed E-state index contributed by atoms with van der Waals surface area (Å²) in [6.07, 6.45) is -0.127. The fourth-order valence-electron chi connectivity index (χ4n) is 1.31. The van der Waals surface area contributed by atoms with E-state index in [0.29, 0.717) is 6.54 Å². The Morgan fingerprint density at radius 1 is 1.40 bits per heavy atom. The van der Waals surface area contributed by atoms with Gasteiger partial charge in [0.05, 0.1) is 12.0 Å². The summed E-state index contributed by atoms with van der Waals surface area (Å²) in [6, 6.07) is 0. The first-order chi connectivity index (χ1) is 6.73. The van der Waals surface area contributed by atoms with Gasteiger partial charge in [-0.05, 0) is 27.9 Å². The second kappa shape index (κ2) is 5.82. The van der Waals surface area contributed by atoms with Crippen LogP contribution in [-0.2, 0) is 9.59 Å². The van der Waals surface area contributed by atoms with E-state index in [1.807, 2.05) is 19.0 Å². The third-order valence-electron chi connectivity index (χ3n) is 1.73. The number of nitrogens with one attached hydrogen (secondary N) is 1. The average Bonchev–Trinajstić information content (AvgIpc) is 1.97. The first-order valence-corrected chi connectivity index (χ1v) is 4.86. The number of Topliss-reactive ketones (excluding diaryl/α,β-unsaturated/α-hetero) is 1. The molecule has 0 aliphatic heterocycles. The summed E-state index contributed by atoms with van der Waals surface area (Å²) in [5.41, 5.74) is -0.976. The van der Waals surface area contributed by atoms with Crippen molar-refractivity contribution in [1.29, 1.82) is 0 Å². The standard InChI is InChI=1S/C10H20N2O3/c1-8(13)5-9(14)11-6-10(2,15)7-12(3)4/h15H,5-7H2,1-4H3,(H,11,14). The lowest BCUT2D eigenvalue weighted by atomic mass is 10.1. The molecule has 0 fully saturated rings. The van der Waals surface area contributed by atoms with Gasteiger partial charge >= 0.3 is 0 Å². The van der Waals surface area contributed by atoms with Crippen molar-refractivity contribution < 1.29 is 14.7 Å². The highest BCUT2D eigenvalue weighted by Gasteiger charge is 2.22. The molecule has 0 heterocycles. The smallest absolute Gasteiger partial charge is 0.227 e. The Morgan fingerprint density at radius 2 is 1.93 bits per heavy atom. The largest absolute Gasteiger partial charge is 0.387 e. The van der Waals surface area contributed by atoms with Crippen molar-refractivity contribution in [2.75, 3.05) is 27.2 Å². The number of amides is 1. The SMILES string of the molecule is CC(=O)CC(=O)NCC(C)(O)CN(C)C. The van der Waals surface area contributed by atoms with Crippen molar-refractivity contribution in [1.82, 2.24) is 10.2 Å². The summed E-state index contributed by atoms with van der Waals surface area (Å²) in [7, 11) is 3.68. The summed E-state index contributed by atoms with van der Waals surface area (Å²) in [5.74, 6) is -0.527. The number of likely N-dealkylation sites (N-methyl/N-ethyl adjacent to an activating group) is 1. The van der Waals surface area contributed by atoms with Gasteiger partial charge in [-0.15, -0.1) is 0 Å². The van der Waals surface area contributed by atoms with Crippen LogP contribution in [0, 0.1) is 0 Å². The zero-order chi connectivity index (χ0) is 12.1. The van der Waals surface area contributed by atoms with Crippen LogP contribution >= 0.6 is 0 Å². The molecule has 0 aromatic rings. The molecule has 0 saturated carbocycles. The minimum atomic E-state index is -0.976. The molecular weight excluding hydrogens is 196 g/mol. The van der Waals surface area contributed by atoms with Crippen LogP contribution in [0.2, 0.25) is 0 Å². The van der Waals surface area contributed by atoms with E-state index in [1.54, 1.807) is 6.92 Å². The summed E-state index contributed by atoms with van der Waals surface area (Å²) in [4.78, 5) is 23.6. The highest BCUT2D eigenvalue weighted by molar-refractivity contribution is 5.96. The maximum absolute atomic E-state index is 11.1. The average molecular weight is 216 g/mol.